The van der Waals surface area contributed by atoms with Crippen LogP contribution in [0.5, 0.6) is 0 Å². The monoisotopic (exact) mass is 498 g/mol. The summed E-state index contributed by atoms with van der Waals surface area (Å²) >= 11 is 0. The highest BCUT2D eigenvalue weighted by Crippen LogP contribution is 2.38. The SMILES string of the molecule is CO[C@@]1(c2ccc3nccc(N[C@H](C)c4cccc(C(F)F)c4F)c3c2)CCN(C(=O)NC2CC2)C1. The molecule has 2 aromatic carbocycles. The van der Waals surface area contributed by atoms with Gasteiger partial charge in [-0.05, 0) is 43.5 Å². The third-order valence-corrected chi connectivity index (χ3v) is 7.21. The van der Waals surface area contributed by atoms with Crippen molar-refractivity contribution in [2.24, 2.45) is 0 Å². The first-order valence-electron chi connectivity index (χ1n) is 12.1. The Hall–Kier alpha value is -3.33. The van der Waals surface area contributed by atoms with Crippen LogP contribution in [0.15, 0.2) is 48.7 Å². The van der Waals surface area contributed by atoms with Gasteiger partial charge in [0.15, 0.2) is 0 Å². The molecule has 1 saturated carbocycles. The molecule has 9 heteroatoms. The minimum Gasteiger partial charge on any atom is -0.378 e. The molecule has 0 radical (unpaired) electrons. The van der Waals surface area contributed by atoms with E-state index in [1.807, 2.05) is 18.2 Å². The molecule has 1 aliphatic heterocycles. The second-order valence-corrected chi connectivity index (χ2v) is 9.60. The van der Waals surface area contributed by atoms with Crippen molar-refractivity contribution in [3.05, 3.63) is 71.2 Å². The van der Waals surface area contributed by atoms with Crippen LogP contribution in [0.4, 0.5) is 23.7 Å². The maximum atomic E-state index is 14.8. The number of carbonyl (C=O) groups is 1. The third-order valence-electron chi connectivity index (χ3n) is 7.21. The number of rotatable bonds is 7. The number of aromatic nitrogens is 1. The number of ether oxygens (including phenoxy) is 1. The Kier molecular flexibility index (Phi) is 6.51. The van der Waals surface area contributed by atoms with Crippen molar-refractivity contribution in [2.45, 2.75) is 50.3 Å². The molecule has 2 aliphatic rings. The van der Waals surface area contributed by atoms with E-state index in [-0.39, 0.29) is 17.6 Å². The minimum atomic E-state index is -2.89. The largest absolute Gasteiger partial charge is 0.378 e. The second-order valence-electron chi connectivity index (χ2n) is 9.60. The molecule has 2 fully saturated rings. The zero-order valence-electron chi connectivity index (χ0n) is 20.2. The summed E-state index contributed by atoms with van der Waals surface area (Å²) in [5.74, 6) is -0.902. The van der Waals surface area contributed by atoms with E-state index < -0.39 is 29.4 Å². The molecular weight excluding hydrogens is 469 g/mol. The first-order chi connectivity index (χ1) is 17.3. The summed E-state index contributed by atoms with van der Waals surface area (Å²) in [7, 11) is 1.65. The fourth-order valence-corrected chi connectivity index (χ4v) is 4.91. The van der Waals surface area contributed by atoms with Crippen molar-refractivity contribution in [1.29, 1.82) is 0 Å². The van der Waals surface area contributed by atoms with Gasteiger partial charge >= 0.3 is 6.03 Å². The first kappa shape index (κ1) is 24.4. The summed E-state index contributed by atoms with van der Waals surface area (Å²) in [6.07, 6.45) is 1.46. The third kappa shape index (κ3) is 4.59. The number of alkyl halides is 2. The Morgan fingerprint density at radius 3 is 2.69 bits per heavy atom. The van der Waals surface area contributed by atoms with Gasteiger partial charge in [0.25, 0.3) is 6.43 Å². The van der Waals surface area contributed by atoms with Crippen LogP contribution in [0, 0.1) is 5.82 Å². The molecule has 5 rings (SSSR count). The average molecular weight is 499 g/mol. The van der Waals surface area contributed by atoms with Crippen molar-refractivity contribution in [3.8, 4) is 0 Å². The normalized spacial score (nSPS) is 20.7. The molecule has 36 heavy (non-hydrogen) atoms. The Bertz CT molecular complexity index is 1280. The summed E-state index contributed by atoms with van der Waals surface area (Å²) in [4.78, 5) is 18.8. The van der Waals surface area contributed by atoms with Crippen LogP contribution in [0.25, 0.3) is 10.9 Å². The average Bonchev–Trinajstić information content (AvgIpc) is 3.57. The number of nitrogens with one attached hydrogen (secondary N) is 2. The van der Waals surface area contributed by atoms with Gasteiger partial charge < -0.3 is 20.3 Å². The number of carbonyl (C=O) groups excluding carboxylic acids is 1. The second kappa shape index (κ2) is 9.61. The van der Waals surface area contributed by atoms with Gasteiger partial charge in [-0.1, -0.05) is 24.3 Å². The predicted molar refractivity (Wildman–Crippen MR) is 132 cm³/mol. The lowest BCUT2D eigenvalue weighted by Gasteiger charge is -2.29. The van der Waals surface area contributed by atoms with E-state index in [1.54, 1.807) is 31.2 Å². The van der Waals surface area contributed by atoms with Crippen molar-refractivity contribution in [2.75, 3.05) is 25.5 Å². The summed E-state index contributed by atoms with van der Waals surface area (Å²) in [5.41, 5.74) is 1.23. The van der Waals surface area contributed by atoms with Gasteiger partial charge in [-0.25, -0.2) is 18.0 Å². The quantitative estimate of drug-likeness (QED) is 0.426. The van der Waals surface area contributed by atoms with Gasteiger partial charge in [0.1, 0.15) is 11.4 Å². The van der Waals surface area contributed by atoms with Crippen LogP contribution < -0.4 is 10.6 Å². The number of halogens is 3. The van der Waals surface area contributed by atoms with Crippen molar-refractivity contribution >= 4 is 22.6 Å². The summed E-state index contributed by atoms with van der Waals surface area (Å²) in [5, 5.41) is 7.10. The summed E-state index contributed by atoms with van der Waals surface area (Å²) < 4.78 is 47.2. The number of anilines is 1. The fourth-order valence-electron chi connectivity index (χ4n) is 4.91. The lowest BCUT2D eigenvalue weighted by Crippen LogP contribution is -2.42. The molecular formula is C27H29F3N4O2. The molecule has 3 aromatic rings. The van der Waals surface area contributed by atoms with E-state index in [0.29, 0.717) is 25.2 Å². The van der Waals surface area contributed by atoms with Crippen molar-refractivity contribution < 1.29 is 22.7 Å². The van der Waals surface area contributed by atoms with Crippen LogP contribution in [0.1, 0.15) is 55.3 Å². The Balaban J connectivity index is 1.43. The van der Waals surface area contributed by atoms with Crippen LogP contribution in [0.2, 0.25) is 0 Å². The summed E-state index contributed by atoms with van der Waals surface area (Å²) in [6.45, 7) is 2.74. The number of nitrogens with zero attached hydrogens (tertiary/aromatic N) is 2. The number of hydrogen-bond donors (Lipinski definition) is 2. The lowest BCUT2D eigenvalue weighted by atomic mass is 9.91. The van der Waals surface area contributed by atoms with E-state index in [1.165, 1.54) is 12.1 Å². The van der Waals surface area contributed by atoms with E-state index in [2.05, 4.69) is 15.6 Å². The first-order valence-corrected chi connectivity index (χ1v) is 12.1. The van der Waals surface area contributed by atoms with Crippen LogP contribution in [-0.4, -0.2) is 42.2 Å². The highest BCUT2D eigenvalue weighted by molar-refractivity contribution is 5.92. The predicted octanol–water partition coefficient (Wildman–Crippen LogP) is 5.90. The number of likely N-dealkylation sites (tertiary alicyclic amines) is 1. The zero-order chi connectivity index (χ0) is 25.4. The van der Waals surface area contributed by atoms with E-state index >= 15 is 0 Å². The molecule has 2 atom stereocenters. The summed E-state index contributed by atoms with van der Waals surface area (Å²) in [6, 6.07) is 11.3. The molecule has 0 unspecified atom stereocenters. The molecule has 1 saturated heterocycles. The van der Waals surface area contributed by atoms with Gasteiger partial charge in [-0.3, -0.25) is 4.98 Å². The van der Waals surface area contributed by atoms with Crippen molar-refractivity contribution in [1.82, 2.24) is 15.2 Å². The van der Waals surface area contributed by atoms with Gasteiger partial charge in [0.05, 0.1) is 23.7 Å². The molecule has 190 valence electrons. The topological polar surface area (TPSA) is 66.5 Å². The Labute approximate surface area is 207 Å². The number of methoxy groups -OCH3 is 1. The maximum Gasteiger partial charge on any atom is 0.317 e. The number of pyridine rings is 1. The van der Waals surface area contributed by atoms with Crippen LogP contribution >= 0.6 is 0 Å². The molecule has 6 nitrogen and oxygen atoms in total. The van der Waals surface area contributed by atoms with E-state index in [0.717, 1.165) is 35.4 Å². The van der Waals surface area contributed by atoms with Gasteiger partial charge in [-0.15, -0.1) is 0 Å². The molecule has 0 bridgehead atoms. The van der Waals surface area contributed by atoms with Gasteiger partial charge in [0, 0.05) is 49.0 Å². The number of benzene rings is 2. The molecule has 1 aromatic heterocycles. The zero-order valence-corrected chi connectivity index (χ0v) is 20.2. The maximum absolute atomic E-state index is 14.8. The van der Waals surface area contributed by atoms with Gasteiger partial charge in [0.2, 0.25) is 0 Å². The van der Waals surface area contributed by atoms with Crippen molar-refractivity contribution in [3.63, 3.8) is 0 Å². The molecule has 2 amide bonds. The highest BCUT2D eigenvalue weighted by atomic mass is 19.3. The molecule has 2 N–H and O–H groups in total. The Morgan fingerprint density at radius 2 is 1.97 bits per heavy atom. The Morgan fingerprint density at radius 1 is 1.19 bits per heavy atom. The highest BCUT2D eigenvalue weighted by Gasteiger charge is 2.42. The van der Waals surface area contributed by atoms with Crippen LogP contribution in [-0.2, 0) is 10.3 Å². The smallest absolute Gasteiger partial charge is 0.317 e. The number of urea groups is 1. The number of amides is 2. The lowest BCUT2D eigenvalue weighted by molar-refractivity contribution is -0.00311. The molecule has 1 aliphatic carbocycles. The standard InChI is InChI=1S/C27H29F3N4O2/c1-16(19-4-3-5-20(24(19)28)25(29)30)32-23-10-12-31-22-9-6-17(14-21(22)23)27(36-2)11-13-34(15-27)26(35)33-18-7-8-18/h3-6,9-10,12,14,16,18,25H,7-8,11,13,15H2,1-2H3,(H,31,32)(H,33,35)/t16-,27+/m1/s1. The van der Waals surface area contributed by atoms with Crippen LogP contribution in [0.3, 0.4) is 0 Å². The fraction of sp³-hybridized carbons (Fsp3) is 0.407. The molecule has 0 spiro atoms. The van der Waals surface area contributed by atoms with Gasteiger partial charge in [-0.2, -0.15) is 0 Å². The van der Waals surface area contributed by atoms with E-state index in [9.17, 15) is 18.0 Å². The molecule has 2 heterocycles. The number of hydrogen-bond acceptors (Lipinski definition) is 4. The van der Waals surface area contributed by atoms with E-state index in [4.69, 9.17) is 4.74 Å². The minimum absolute atomic E-state index is 0.0666. The number of fused-ring (bicyclic) bond motifs is 1.